The minimum Gasteiger partial charge on any atom is -0.494 e. The predicted molar refractivity (Wildman–Crippen MR) is 60.2 cm³/mol. The third-order valence-corrected chi connectivity index (χ3v) is 2.61. The molecule has 0 N–H and O–H groups in total. The van der Waals surface area contributed by atoms with Crippen molar-refractivity contribution in [3.8, 4) is 0 Å². The Morgan fingerprint density at radius 3 is 2.87 bits per heavy atom. The van der Waals surface area contributed by atoms with E-state index < -0.39 is 0 Å². The topological polar surface area (TPSA) is 29.5 Å². The fourth-order valence-electron chi connectivity index (χ4n) is 1.67. The molecule has 3 heteroatoms. The number of carbonyl (C=O) groups is 1. The van der Waals surface area contributed by atoms with Crippen LogP contribution in [0.3, 0.4) is 0 Å². The molecule has 1 fully saturated rings. The molecule has 0 bridgehead atoms. The number of hydrogen-bond acceptors (Lipinski definition) is 2. The summed E-state index contributed by atoms with van der Waals surface area (Å²) in [6, 6.07) is 0.0572. The molecule has 0 radical (unpaired) electrons. The highest BCUT2D eigenvalue weighted by Crippen LogP contribution is 2.26. The highest BCUT2D eigenvalue weighted by atomic mass is 16.5. The van der Waals surface area contributed by atoms with Gasteiger partial charge < -0.3 is 9.64 Å². The van der Waals surface area contributed by atoms with Crippen LogP contribution in [-0.4, -0.2) is 30.5 Å². The predicted octanol–water partition coefficient (Wildman–Crippen LogP) is 1.88. The number of ether oxygens (including phenoxy) is 1. The van der Waals surface area contributed by atoms with Crippen molar-refractivity contribution in [1.82, 2.24) is 4.90 Å². The van der Waals surface area contributed by atoms with Crippen molar-refractivity contribution < 1.29 is 9.53 Å². The summed E-state index contributed by atoms with van der Waals surface area (Å²) in [6.07, 6.45) is 4.34. The van der Waals surface area contributed by atoms with Crippen molar-refractivity contribution in [3.05, 3.63) is 36.6 Å². The molecule has 0 aromatic rings. The Morgan fingerprint density at radius 1 is 1.67 bits per heavy atom. The maximum atomic E-state index is 11.3. The molecule has 1 aliphatic heterocycles. The van der Waals surface area contributed by atoms with Gasteiger partial charge in [-0.25, -0.2) is 0 Å². The first-order valence-corrected chi connectivity index (χ1v) is 4.96. The van der Waals surface area contributed by atoms with Crippen LogP contribution in [0.2, 0.25) is 0 Å². The zero-order chi connectivity index (χ0) is 11.4. The molecule has 1 heterocycles. The van der Waals surface area contributed by atoms with Gasteiger partial charge in [-0.2, -0.15) is 0 Å². The number of carbonyl (C=O) groups excluding carboxylic acids is 1. The fraction of sp³-hybridized carbons (Fsp3) is 0.417. The summed E-state index contributed by atoms with van der Waals surface area (Å²) >= 11 is 0. The van der Waals surface area contributed by atoms with E-state index in [0.717, 1.165) is 12.0 Å². The summed E-state index contributed by atoms with van der Waals surface area (Å²) in [5.41, 5.74) is 0.939. The third kappa shape index (κ3) is 2.49. The van der Waals surface area contributed by atoms with Crippen molar-refractivity contribution in [2.45, 2.75) is 19.4 Å². The Kier molecular flexibility index (Phi) is 3.72. The van der Waals surface area contributed by atoms with Crippen molar-refractivity contribution in [2.75, 3.05) is 13.7 Å². The molecule has 1 atom stereocenters. The molecule has 0 aromatic heterocycles. The highest BCUT2D eigenvalue weighted by Gasteiger charge is 2.27. The first-order chi connectivity index (χ1) is 7.07. The number of rotatable bonds is 2. The number of amides is 1. The Balaban J connectivity index is 2.93. The molecule has 1 amide bonds. The molecule has 1 rings (SSSR count). The number of likely N-dealkylation sites (N-methyl/N-ethyl adjacent to an activating group) is 1. The van der Waals surface area contributed by atoms with Crippen LogP contribution in [-0.2, 0) is 9.53 Å². The van der Waals surface area contributed by atoms with Crippen LogP contribution in [0.15, 0.2) is 36.6 Å². The van der Waals surface area contributed by atoms with Crippen molar-refractivity contribution in [3.63, 3.8) is 0 Å². The minimum absolute atomic E-state index is 0.0460. The lowest BCUT2D eigenvalue weighted by Crippen LogP contribution is -2.40. The van der Waals surface area contributed by atoms with Crippen LogP contribution in [0.25, 0.3) is 0 Å². The minimum atomic E-state index is 0.0460. The lowest BCUT2D eigenvalue weighted by Gasteiger charge is -2.34. The van der Waals surface area contributed by atoms with Crippen LogP contribution in [0.4, 0.5) is 0 Å². The fourth-order valence-corrected chi connectivity index (χ4v) is 1.67. The van der Waals surface area contributed by atoms with E-state index in [-0.39, 0.29) is 11.9 Å². The van der Waals surface area contributed by atoms with Gasteiger partial charge in [0.05, 0.1) is 12.6 Å². The van der Waals surface area contributed by atoms with Crippen molar-refractivity contribution in [2.24, 2.45) is 0 Å². The van der Waals surface area contributed by atoms with Gasteiger partial charge in [0.1, 0.15) is 5.76 Å². The van der Waals surface area contributed by atoms with E-state index >= 15 is 0 Å². The monoisotopic (exact) mass is 207 g/mol. The lowest BCUT2D eigenvalue weighted by molar-refractivity contribution is -0.129. The number of hydrogen-bond donors (Lipinski definition) is 0. The van der Waals surface area contributed by atoms with Crippen molar-refractivity contribution in [1.29, 1.82) is 0 Å². The molecule has 82 valence electrons. The quantitative estimate of drug-likeness (QED) is 0.692. The Morgan fingerprint density at radius 2 is 2.33 bits per heavy atom. The van der Waals surface area contributed by atoms with Crippen LogP contribution >= 0.6 is 0 Å². The summed E-state index contributed by atoms with van der Waals surface area (Å²) in [5, 5.41) is 0. The first kappa shape index (κ1) is 11.6. The van der Waals surface area contributed by atoms with E-state index in [4.69, 9.17) is 4.74 Å². The maximum absolute atomic E-state index is 11.3. The molecule has 0 saturated carbocycles. The van der Waals surface area contributed by atoms with E-state index in [1.807, 2.05) is 6.08 Å². The van der Waals surface area contributed by atoms with E-state index in [9.17, 15) is 4.79 Å². The molecule has 1 saturated heterocycles. The standard InChI is InChI=1S/C12H17NO2/c1-5-6-11-9(2)15-8-7-12(11)13(4)10(3)14/h5-6,12H,1-2,7-8H2,3-4H3/b11-6+. The summed E-state index contributed by atoms with van der Waals surface area (Å²) in [6.45, 7) is 9.65. The average molecular weight is 207 g/mol. The molecule has 1 aliphatic rings. The molecular formula is C12H17NO2. The zero-order valence-electron chi connectivity index (χ0n) is 9.32. The van der Waals surface area contributed by atoms with Crippen LogP contribution in [0, 0.1) is 0 Å². The molecule has 0 spiro atoms. The number of nitrogens with zero attached hydrogens (tertiary/aromatic N) is 1. The number of allylic oxidation sites excluding steroid dienone is 2. The van der Waals surface area contributed by atoms with Crippen molar-refractivity contribution >= 4 is 5.91 Å². The van der Waals surface area contributed by atoms with Gasteiger partial charge in [0.15, 0.2) is 0 Å². The van der Waals surface area contributed by atoms with E-state index in [0.29, 0.717) is 12.4 Å². The lowest BCUT2D eigenvalue weighted by atomic mass is 9.98. The normalized spacial score (nSPS) is 23.5. The highest BCUT2D eigenvalue weighted by molar-refractivity contribution is 5.74. The van der Waals surface area contributed by atoms with Gasteiger partial charge >= 0.3 is 0 Å². The second kappa shape index (κ2) is 4.82. The van der Waals surface area contributed by atoms with Crippen LogP contribution < -0.4 is 0 Å². The summed E-state index contributed by atoms with van der Waals surface area (Å²) < 4.78 is 5.35. The van der Waals surface area contributed by atoms with Gasteiger partial charge in [-0.1, -0.05) is 25.3 Å². The van der Waals surface area contributed by atoms with Gasteiger partial charge in [-0.3, -0.25) is 4.79 Å². The largest absolute Gasteiger partial charge is 0.494 e. The SMILES string of the molecule is C=C/C=C1\C(=C)OCCC1N(C)C(C)=O. The smallest absolute Gasteiger partial charge is 0.219 e. The van der Waals surface area contributed by atoms with E-state index in [2.05, 4.69) is 13.2 Å². The van der Waals surface area contributed by atoms with Crippen LogP contribution in [0.5, 0.6) is 0 Å². The van der Waals surface area contributed by atoms with Gasteiger partial charge in [0.25, 0.3) is 0 Å². The Bertz CT molecular complexity index is 318. The van der Waals surface area contributed by atoms with Crippen LogP contribution in [0.1, 0.15) is 13.3 Å². The Hall–Kier alpha value is -1.51. The molecule has 3 nitrogen and oxygen atoms in total. The van der Waals surface area contributed by atoms with E-state index in [1.54, 1.807) is 24.9 Å². The summed E-state index contributed by atoms with van der Waals surface area (Å²) in [5.74, 6) is 0.684. The van der Waals surface area contributed by atoms with E-state index in [1.165, 1.54) is 0 Å². The molecule has 15 heavy (non-hydrogen) atoms. The van der Waals surface area contributed by atoms with Gasteiger partial charge in [0.2, 0.25) is 5.91 Å². The van der Waals surface area contributed by atoms with Gasteiger partial charge in [0, 0.05) is 26.0 Å². The summed E-state index contributed by atoms with van der Waals surface area (Å²) in [7, 11) is 1.79. The average Bonchev–Trinajstić information content (AvgIpc) is 2.20. The maximum Gasteiger partial charge on any atom is 0.219 e. The second-order valence-electron chi connectivity index (χ2n) is 3.56. The first-order valence-electron chi connectivity index (χ1n) is 4.96. The zero-order valence-corrected chi connectivity index (χ0v) is 9.32. The second-order valence-corrected chi connectivity index (χ2v) is 3.56. The summed E-state index contributed by atoms with van der Waals surface area (Å²) in [4.78, 5) is 13.0. The van der Waals surface area contributed by atoms with Gasteiger partial charge in [-0.15, -0.1) is 0 Å². The molecular weight excluding hydrogens is 190 g/mol. The van der Waals surface area contributed by atoms with Gasteiger partial charge in [-0.05, 0) is 0 Å². The molecule has 0 aliphatic carbocycles. The third-order valence-electron chi connectivity index (χ3n) is 2.61. The Labute approximate surface area is 90.7 Å². The molecule has 0 aromatic carbocycles. The molecule has 1 unspecified atom stereocenters.